The summed E-state index contributed by atoms with van der Waals surface area (Å²) >= 11 is 0. The molecular weight excluding hydrogens is 376 g/mol. The van der Waals surface area contributed by atoms with E-state index < -0.39 is 10.0 Å². The van der Waals surface area contributed by atoms with Gasteiger partial charge in [0.15, 0.2) is 0 Å². The van der Waals surface area contributed by atoms with Crippen molar-refractivity contribution in [3.05, 3.63) is 65.0 Å². The van der Waals surface area contributed by atoms with Gasteiger partial charge in [0, 0.05) is 37.8 Å². The van der Waals surface area contributed by atoms with Gasteiger partial charge < -0.3 is 0 Å². The highest BCUT2D eigenvalue weighted by Gasteiger charge is 2.23. The molecule has 0 unspecified atom stereocenters. The van der Waals surface area contributed by atoms with Crippen molar-refractivity contribution >= 4 is 20.8 Å². The monoisotopic (exact) mass is 398 g/mol. The molecule has 8 heteroatoms. The highest BCUT2D eigenvalue weighted by atomic mass is 32.2. The second-order valence-electron chi connectivity index (χ2n) is 7.00. The lowest BCUT2D eigenvalue weighted by Crippen LogP contribution is -2.49. The SMILES string of the molecule is CS(=O)(=O)N1CCN(Cn2nc(-c3cccc4ccccc34)ccc2=O)CC1. The molecule has 2 aromatic carbocycles. The van der Waals surface area contributed by atoms with Crippen molar-refractivity contribution in [2.45, 2.75) is 6.67 Å². The van der Waals surface area contributed by atoms with Crippen molar-refractivity contribution in [1.82, 2.24) is 19.0 Å². The zero-order chi connectivity index (χ0) is 19.7. The molecule has 0 saturated carbocycles. The molecule has 0 amide bonds. The maximum Gasteiger partial charge on any atom is 0.268 e. The Bertz CT molecular complexity index is 1160. The minimum atomic E-state index is -3.17. The quantitative estimate of drug-likeness (QED) is 0.667. The summed E-state index contributed by atoms with van der Waals surface area (Å²) in [5.74, 6) is 0. The van der Waals surface area contributed by atoms with Crippen molar-refractivity contribution in [1.29, 1.82) is 0 Å². The van der Waals surface area contributed by atoms with Crippen LogP contribution in [0, 0.1) is 0 Å². The number of hydrogen-bond donors (Lipinski definition) is 0. The molecule has 7 nitrogen and oxygen atoms in total. The van der Waals surface area contributed by atoms with E-state index in [1.54, 1.807) is 6.07 Å². The first kappa shape index (κ1) is 18.8. The number of fused-ring (bicyclic) bond motifs is 1. The van der Waals surface area contributed by atoms with Crippen LogP contribution in [-0.4, -0.2) is 59.8 Å². The maximum absolute atomic E-state index is 12.3. The summed E-state index contributed by atoms with van der Waals surface area (Å²) in [6.07, 6.45) is 1.22. The summed E-state index contributed by atoms with van der Waals surface area (Å²) in [6.45, 7) is 2.33. The van der Waals surface area contributed by atoms with E-state index in [1.165, 1.54) is 21.3 Å². The Labute approximate surface area is 163 Å². The average Bonchev–Trinajstić information content (AvgIpc) is 2.69. The molecule has 0 radical (unpaired) electrons. The van der Waals surface area contributed by atoms with Crippen LogP contribution in [0.4, 0.5) is 0 Å². The summed E-state index contributed by atoms with van der Waals surface area (Å²) in [6, 6.07) is 17.4. The molecule has 0 aliphatic carbocycles. The summed E-state index contributed by atoms with van der Waals surface area (Å²) in [5, 5.41) is 6.79. The van der Waals surface area contributed by atoms with E-state index >= 15 is 0 Å². The van der Waals surface area contributed by atoms with Gasteiger partial charge in [0.05, 0.1) is 18.6 Å². The third-order valence-electron chi connectivity index (χ3n) is 5.07. The Balaban J connectivity index is 1.59. The van der Waals surface area contributed by atoms with Gasteiger partial charge in [-0.15, -0.1) is 0 Å². The second kappa shape index (κ2) is 7.46. The average molecular weight is 398 g/mol. The molecule has 1 fully saturated rings. The van der Waals surface area contributed by atoms with Crippen molar-refractivity contribution < 1.29 is 8.42 Å². The molecule has 0 atom stereocenters. The largest absolute Gasteiger partial charge is 0.282 e. The van der Waals surface area contributed by atoms with Gasteiger partial charge in [-0.3, -0.25) is 9.69 Å². The summed E-state index contributed by atoms with van der Waals surface area (Å²) < 4.78 is 26.2. The van der Waals surface area contributed by atoms with E-state index in [0.717, 1.165) is 22.0 Å². The molecule has 0 spiro atoms. The summed E-state index contributed by atoms with van der Waals surface area (Å²) in [4.78, 5) is 14.4. The van der Waals surface area contributed by atoms with Crippen molar-refractivity contribution in [2.75, 3.05) is 32.4 Å². The molecule has 28 heavy (non-hydrogen) atoms. The van der Waals surface area contributed by atoms with Crippen molar-refractivity contribution in [3.8, 4) is 11.3 Å². The van der Waals surface area contributed by atoms with Crippen LogP contribution in [-0.2, 0) is 16.7 Å². The van der Waals surface area contributed by atoms with Gasteiger partial charge in [0.1, 0.15) is 0 Å². The normalized spacial score (nSPS) is 16.5. The zero-order valence-electron chi connectivity index (χ0n) is 15.7. The van der Waals surface area contributed by atoms with Gasteiger partial charge in [-0.25, -0.2) is 13.1 Å². The molecule has 4 rings (SSSR count). The van der Waals surface area contributed by atoms with E-state index in [4.69, 9.17) is 0 Å². The fraction of sp³-hybridized carbons (Fsp3) is 0.300. The van der Waals surface area contributed by atoms with Crippen LogP contribution in [0.5, 0.6) is 0 Å². The highest BCUT2D eigenvalue weighted by Crippen LogP contribution is 2.26. The molecule has 1 aliphatic heterocycles. The minimum absolute atomic E-state index is 0.172. The first-order valence-corrected chi connectivity index (χ1v) is 11.0. The number of hydrogen-bond acceptors (Lipinski definition) is 5. The Hall–Kier alpha value is -2.55. The van der Waals surface area contributed by atoms with E-state index in [0.29, 0.717) is 32.8 Å². The first-order valence-electron chi connectivity index (χ1n) is 9.15. The number of rotatable bonds is 4. The lowest BCUT2D eigenvalue weighted by molar-refractivity contribution is 0.143. The standard InChI is InChI=1S/C20H22N4O3S/c1-28(26,27)23-13-11-22(12-14-23)15-24-20(25)10-9-19(21-24)18-8-4-6-16-5-2-3-7-17(16)18/h2-10H,11-15H2,1H3. The zero-order valence-corrected chi connectivity index (χ0v) is 16.5. The molecule has 0 N–H and O–H groups in total. The van der Waals surface area contributed by atoms with Gasteiger partial charge >= 0.3 is 0 Å². The van der Waals surface area contributed by atoms with Crippen LogP contribution in [0.3, 0.4) is 0 Å². The van der Waals surface area contributed by atoms with Gasteiger partial charge in [0.25, 0.3) is 5.56 Å². The summed E-state index contributed by atoms with van der Waals surface area (Å²) in [7, 11) is -3.17. The molecule has 2 heterocycles. The minimum Gasteiger partial charge on any atom is -0.282 e. The number of sulfonamides is 1. The van der Waals surface area contributed by atoms with Crippen LogP contribution < -0.4 is 5.56 Å². The fourth-order valence-electron chi connectivity index (χ4n) is 3.53. The predicted molar refractivity (Wildman–Crippen MR) is 109 cm³/mol. The van der Waals surface area contributed by atoms with Gasteiger partial charge in [0.2, 0.25) is 10.0 Å². The highest BCUT2D eigenvalue weighted by molar-refractivity contribution is 7.88. The topological polar surface area (TPSA) is 75.5 Å². The lowest BCUT2D eigenvalue weighted by atomic mass is 10.0. The van der Waals surface area contributed by atoms with Gasteiger partial charge in [-0.1, -0.05) is 42.5 Å². The Morgan fingerprint density at radius 2 is 1.64 bits per heavy atom. The number of nitrogens with zero attached hydrogens (tertiary/aromatic N) is 4. The van der Waals surface area contributed by atoms with Crippen LogP contribution in [0.15, 0.2) is 59.4 Å². The smallest absolute Gasteiger partial charge is 0.268 e. The molecular formula is C20H22N4O3S. The van der Waals surface area contributed by atoms with E-state index in [9.17, 15) is 13.2 Å². The summed E-state index contributed by atoms with van der Waals surface area (Å²) in [5.41, 5.74) is 1.55. The van der Waals surface area contributed by atoms with E-state index in [-0.39, 0.29) is 5.56 Å². The molecule has 3 aromatic rings. The van der Waals surface area contributed by atoms with Crippen molar-refractivity contribution in [3.63, 3.8) is 0 Å². The third kappa shape index (κ3) is 3.84. The molecule has 1 aliphatic rings. The Morgan fingerprint density at radius 3 is 2.39 bits per heavy atom. The molecule has 1 aromatic heterocycles. The number of piperazine rings is 1. The molecule has 1 saturated heterocycles. The van der Waals surface area contributed by atoms with Crippen LogP contribution in [0.2, 0.25) is 0 Å². The van der Waals surface area contributed by atoms with Crippen LogP contribution in [0.1, 0.15) is 0 Å². The van der Waals surface area contributed by atoms with Gasteiger partial charge in [-0.05, 0) is 16.8 Å². The van der Waals surface area contributed by atoms with Crippen LogP contribution in [0.25, 0.3) is 22.0 Å². The number of benzene rings is 2. The number of aromatic nitrogens is 2. The van der Waals surface area contributed by atoms with E-state index in [1.807, 2.05) is 35.2 Å². The maximum atomic E-state index is 12.3. The Kier molecular flexibility index (Phi) is 5.01. The Morgan fingerprint density at radius 1 is 0.929 bits per heavy atom. The third-order valence-corrected chi connectivity index (χ3v) is 6.37. The van der Waals surface area contributed by atoms with Gasteiger partial charge in [-0.2, -0.15) is 9.40 Å². The van der Waals surface area contributed by atoms with Crippen LogP contribution >= 0.6 is 0 Å². The predicted octanol–water partition coefficient (Wildman–Crippen LogP) is 1.60. The molecule has 146 valence electrons. The molecule has 0 bridgehead atoms. The van der Waals surface area contributed by atoms with Crippen molar-refractivity contribution in [2.24, 2.45) is 0 Å². The van der Waals surface area contributed by atoms with E-state index in [2.05, 4.69) is 17.2 Å². The second-order valence-corrected chi connectivity index (χ2v) is 8.99. The first-order chi connectivity index (χ1) is 13.4. The lowest BCUT2D eigenvalue weighted by Gasteiger charge is -2.33. The fourth-order valence-corrected chi connectivity index (χ4v) is 4.36.